The number of hydrogen-bond donors (Lipinski definition) is 1. The number of amides is 2. The van der Waals surface area contributed by atoms with Gasteiger partial charge in [-0.3, -0.25) is 9.59 Å². The lowest BCUT2D eigenvalue weighted by atomic mass is 10.1. The second-order valence-electron chi connectivity index (χ2n) is 7.68. The standard InChI is InChI=1S/C25H33N3O4/c1-4-7-24(29)28-14-12-27(13-15-28)21-10-8-20(9-11-21)26-25(30)19-16-22(31-5-2)18-23(17-19)32-6-3/h8-11,16-18H,4-7,12-15H2,1-3H3,(H,26,30). The van der Waals surface area contributed by atoms with Gasteiger partial charge in [-0.2, -0.15) is 0 Å². The van der Waals surface area contributed by atoms with Crippen LogP contribution in [0.15, 0.2) is 42.5 Å². The number of nitrogens with one attached hydrogen (secondary N) is 1. The number of anilines is 2. The summed E-state index contributed by atoms with van der Waals surface area (Å²) in [6, 6.07) is 13.0. The predicted molar refractivity (Wildman–Crippen MR) is 127 cm³/mol. The summed E-state index contributed by atoms with van der Waals surface area (Å²) in [5.41, 5.74) is 2.29. The maximum absolute atomic E-state index is 12.8. The molecule has 32 heavy (non-hydrogen) atoms. The van der Waals surface area contributed by atoms with Gasteiger partial charge in [0.2, 0.25) is 5.91 Å². The Balaban J connectivity index is 1.61. The highest BCUT2D eigenvalue weighted by atomic mass is 16.5. The summed E-state index contributed by atoms with van der Waals surface area (Å²) < 4.78 is 11.1. The fourth-order valence-corrected chi connectivity index (χ4v) is 3.75. The fraction of sp³-hybridized carbons (Fsp3) is 0.440. The largest absolute Gasteiger partial charge is 0.494 e. The van der Waals surface area contributed by atoms with Crippen LogP contribution >= 0.6 is 0 Å². The monoisotopic (exact) mass is 439 g/mol. The van der Waals surface area contributed by atoms with E-state index in [0.717, 1.165) is 44.0 Å². The average molecular weight is 440 g/mol. The summed E-state index contributed by atoms with van der Waals surface area (Å²) in [5.74, 6) is 1.24. The lowest BCUT2D eigenvalue weighted by molar-refractivity contribution is -0.131. The van der Waals surface area contributed by atoms with E-state index in [9.17, 15) is 9.59 Å². The predicted octanol–water partition coefficient (Wildman–Crippen LogP) is 4.19. The molecule has 3 rings (SSSR count). The summed E-state index contributed by atoms with van der Waals surface area (Å²) in [6.45, 7) is 9.97. The molecule has 1 heterocycles. The van der Waals surface area contributed by atoms with Crippen molar-refractivity contribution in [2.24, 2.45) is 0 Å². The summed E-state index contributed by atoms with van der Waals surface area (Å²) in [5, 5.41) is 2.94. The number of ether oxygens (including phenoxy) is 2. The van der Waals surface area contributed by atoms with Gasteiger partial charge in [-0.25, -0.2) is 0 Å². The zero-order chi connectivity index (χ0) is 22.9. The number of rotatable bonds is 9. The maximum Gasteiger partial charge on any atom is 0.255 e. The lowest BCUT2D eigenvalue weighted by Crippen LogP contribution is -2.48. The number of piperazine rings is 1. The van der Waals surface area contributed by atoms with Gasteiger partial charge in [-0.05, 0) is 56.7 Å². The van der Waals surface area contributed by atoms with Gasteiger partial charge in [0, 0.05) is 55.6 Å². The minimum absolute atomic E-state index is 0.219. The van der Waals surface area contributed by atoms with Crippen LogP contribution < -0.4 is 19.7 Å². The van der Waals surface area contributed by atoms with Crippen LogP contribution in [0.1, 0.15) is 44.0 Å². The summed E-state index contributed by atoms with van der Waals surface area (Å²) in [7, 11) is 0. The van der Waals surface area contributed by atoms with E-state index in [0.29, 0.717) is 36.7 Å². The van der Waals surface area contributed by atoms with Crippen molar-refractivity contribution < 1.29 is 19.1 Å². The van der Waals surface area contributed by atoms with E-state index in [1.165, 1.54) is 0 Å². The molecule has 1 aliphatic rings. The lowest BCUT2D eigenvalue weighted by Gasteiger charge is -2.36. The van der Waals surface area contributed by atoms with Crippen LogP contribution in [-0.2, 0) is 4.79 Å². The Morgan fingerprint density at radius 1 is 0.875 bits per heavy atom. The van der Waals surface area contributed by atoms with Crippen molar-refractivity contribution in [1.29, 1.82) is 0 Å². The Kier molecular flexibility index (Phi) is 8.36. The molecule has 0 aromatic heterocycles. The molecule has 2 aromatic rings. The normalized spacial score (nSPS) is 13.6. The van der Waals surface area contributed by atoms with Gasteiger partial charge < -0.3 is 24.6 Å². The minimum atomic E-state index is -0.219. The highest BCUT2D eigenvalue weighted by Gasteiger charge is 2.20. The fourth-order valence-electron chi connectivity index (χ4n) is 3.75. The van der Waals surface area contributed by atoms with E-state index >= 15 is 0 Å². The van der Waals surface area contributed by atoms with Gasteiger partial charge in [-0.15, -0.1) is 0 Å². The Morgan fingerprint density at radius 2 is 1.47 bits per heavy atom. The smallest absolute Gasteiger partial charge is 0.255 e. The second-order valence-corrected chi connectivity index (χ2v) is 7.68. The van der Waals surface area contributed by atoms with E-state index in [-0.39, 0.29) is 11.8 Å². The second kappa shape index (κ2) is 11.4. The van der Waals surface area contributed by atoms with Crippen molar-refractivity contribution in [2.45, 2.75) is 33.6 Å². The molecular weight excluding hydrogens is 406 g/mol. The third-order valence-electron chi connectivity index (χ3n) is 5.35. The van der Waals surface area contributed by atoms with Crippen LogP contribution in [0.2, 0.25) is 0 Å². The first-order valence-electron chi connectivity index (χ1n) is 11.4. The maximum atomic E-state index is 12.8. The van der Waals surface area contributed by atoms with Crippen LogP contribution in [0.4, 0.5) is 11.4 Å². The van der Waals surface area contributed by atoms with Crippen molar-refractivity contribution in [3.05, 3.63) is 48.0 Å². The van der Waals surface area contributed by atoms with E-state index in [1.54, 1.807) is 18.2 Å². The van der Waals surface area contributed by atoms with E-state index in [2.05, 4.69) is 10.2 Å². The van der Waals surface area contributed by atoms with Crippen molar-refractivity contribution in [1.82, 2.24) is 4.90 Å². The molecule has 0 bridgehead atoms. The molecule has 7 nitrogen and oxygen atoms in total. The molecule has 0 saturated carbocycles. The molecule has 0 unspecified atom stereocenters. The zero-order valence-electron chi connectivity index (χ0n) is 19.2. The highest BCUT2D eigenvalue weighted by Crippen LogP contribution is 2.25. The van der Waals surface area contributed by atoms with Crippen molar-refractivity contribution in [3.63, 3.8) is 0 Å². The molecule has 172 valence electrons. The van der Waals surface area contributed by atoms with E-state index in [4.69, 9.17) is 9.47 Å². The Labute approximate surface area is 190 Å². The zero-order valence-corrected chi connectivity index (χ0v) is 19.2. The van der Waals surface area contributed by atoms with Crippen LogP contribution in [0, 0.1) is 0 Å². The van der Waals surface area contributed by atoms with Crippen LogP contribution in [0.3, 0.4) is 0 Å². The summed E-state index contributed by atoms with van der Waals surface area (Å²) >= 11 is 0. The number of benzene rings is 2. The average Bonchev–Trinajstić information content (AvgIpc) is 2.80. The molecular formula is C25H33N3O4. The number of nitrogens with zero attached hydrogens (tertiary/aromatic N) is 2. The first kappa shape index (κ1) is 23.4. The Bertz CT molecular complexity index is 882. The quantitative estimate of drug-likeness (QED) is 0.635. The first-order chi connectivity index (χ1) is 15.5. The van der Waals surface area contributed by atoms with Crippen LogP contribution in [0.5, 0.6) is 11.5 Å². The molecule has 2 aromatic carbocycles. The van der Waals surface area contributed by atoms with Gasteiger partial charge in [-0.1, -0.05) is 6.92 Å². The molecule has 1 N–H and O–H groups in total. The van der Waals surface area contributed by atoms with Gasteiger partial charge in [0.1, 0.15) is 11.5 Å². The number of hydrogen-bond acceptors (Lipinski definition) is 5. The van der Waals surface area contributed by atoms with E-state index in [1.807, 2.05) is 49.9 Å². The Morgan fingerprint density at radius 3 is 2.00 bits per heavy atom. The molecule has 1 saturated heterocycles. The molecule has 0 radical (unpaired) electrons. The first-order valence-corrected chi connectivity index (χ1v) is 11.4. The van der Waals surface area contributed by atoms with Crippen LogP contribution in [-0.4, -0.2) is 56.1 Å². The van der Waals surface area contributed by atoms with Crippen molar-refractivity contribution in [2.75, 3.05) is 49.6 Å². The Hall–Kier alpha value is -3.22. The third-order valence-corrected chi connectivity index (χ3v) is 5.35. The summed E-state index contributed by atoms with van der Waals surface area (Å²) in [6.07, 6.45) is 1.50. The SMILES string of the molecule is CCCC(=O)N1CCN(c2ccc(NC(=O)c3cc(OCC)cc(OCC)c3)cc2)CC1. The molecule has 2 amide bonds. The van der Waals surface area contributed by atoms with Crippen molar-refractivity contribution in [3.8, 4) is 11.5 Å². The minimum Gasteiger partial charge on any atom is -0.494 e. The molecule has 1 aliphatic heterocycles. The molecule has 0 spiro atoms. The third kappa shape index (κ3) is 6.15. The topological polar surface area (TPSA) is 71.1 Å². The van der Waals surface area contributed by atoms with Gasteiger partial charge in [0.05, 0.1) is 13.2 Å². The van der Waals surface area contributed by atoms with Gasteiger partial charge in [0.25, 0.3) is 5.91 Å². The van der Waals surface area contributed by atoms with E-state index < -0.39 is 0 Å². The van der Waals surface area contributed by atoms with Gasteiger partial charge >= 0.3 is 0 Å². The molecule has 7 heteroatoms. The molecule has 1 fully saturated rings. The molecule has 0 atom stereocenters. The van der Waals surface area contributed by atoms with Crippen molar-refractivity contribution >= 4 is 23.2 Å². The van der Waals surface area contributed by atoms with Crippen LogP contribution in [0.25, 0.3) is 0 Å². The number of carbonyl (C=O) groups excluding carboxylic acids is 2. The molecule has 0 aliphatic carbocycles. The number of carbonyl (C=O) groups is 2. The highest BCUT2D eigenvalue weighted by molar-refractivity contribution is 6.04. The van der Waals surface area contributed by atoms with Gasteiger partial charge in [0.15, 0.2) is 0 Å². The summed E-state index contributed by atoms with van der Waals surface area (Å²) in [4.78, 5) is 29.1.